The maximum Gasteiger partial charge on any atom is 0.250 e. The van der Waals surface area contributed by atoms with Crippen LogP contribution in [0.25, 0.3) is 0 Å². The Hall–Kier alpha value is -0.660. The van der Waals surface area contributed by atoms with Gasteiger partial charge >= 0.3 is 0 Å². The molecular weight excluding hydrogens is 244 g/mol. The Labute approximate surface area is 102 Å². The number of sulfone groups is 1. The monoisotopic (exact) mass is 264 g/mol. The lowest BCUT2D eigenvalue weighted by Gasteiger charge is -2.26. The van der Waals surface area contributed by atoms with Crippen LogP contribution in [0, 0.1) is 0 Å². The van der Waals surface area contributed by atoms with Gasteiger partial charge in [0.15, 0.2) is 9.84 Å². The third-order valence-corrected chi connectivity index (χ3v) is 5.06. The minimum absolute atomic E-state index is 0.0878. The number of nitrogens with one attached hydrogen (secondary N) is 2. The molecule has 1 heterocycles. The molecule has 0 radical (unpaired) electrons. The molecule has 1 amide bonds. The van der Waals surface area contributed by atoms with Crippen LogP contribution in [0.4, 0.5) is 0 Å². The maximum atomic E-state index is 11.7. The molecular formula is C10H20N2O4S. The van der Waals surface area contributed by atoms with Crippen LogP contribution in [0.1, 0.15) is 13.8 Å². The Kier molecular flexibility index (Phi) is 4.51. The number of ether oxygens (including phenoxy) is 1. The van der Waals surface area contributed by atoms with E-state index >= 15 is 0 Å². The van der Waals surface area contributed by atoms with Gasteiger partial charge in [-0.2, -0.15) is 0 Å². The summed E-state index contributed by atoms with van der Waals surface area (Å²) in [5.74, 6) is -0.270. The van der Waals surface area contributed by atoms with E-state index in [-0.39, 0.29) is 12.5 Å². The van der Waals surface area contributed by atoms with Gasteiger partial charge in [-0.3, -0.25) is 4.79 Å². The third kappa shape index (κ3) is 3.93. The number of rotatable bonds is 4. The SMILES string of the molecule is CC(C)(CNC(=O)C1CNCCO1)S(C)(=O)=O. The first-order valence-electron chi connectivity index (χ1n) is 5.54. The van der Waals surface area contributed by atoms with Gasteiger partial charge in [0, 0.05) is 25.9 Å². The molecule has 1 saturated heterocycles. The van der Waals surface area contributed by atoms with E-state index in [1.807, 2.05) is 0 Å². The van der Waals surface area contributed by atoms with Gasteiger partial charge in [0.25, 0.3) is 5.91 Å². The lowest BCUT2D eigenvalue weighted by molar-refractivity contribution is -0.134. The first-order chi connectivity index (χ1) is 7.74. The van der Waals surface area contributed by atoms with Crippen molar-refractivity contribution in [1.29, 1.82) is 0 Å². The molecule has 0 aromatic heterocycles. The van der Waals surface area contributed by atoms with Gasteiger partial charge in [0.05, 0.1) is 11.4 Å². The Morgan fingerprint density at radius 2 is 2.18 bits per heavy atom. The highest BCUT2D eigenvalue weighted by Crippen LogP contribution is 2.13. The number of hydrogen-bond donors (Lipinski definition) is 2. The summed E-state index contributed by atoms with van der Waals surface area (Å²) in [6.45, 7) is 4.95. The fourth-order valence-corrected chi connectivity index (χ4v) is 1.61. The minimum Gasteiger partial charge on any atom is -0.366 e. The summed E-state index contributed by atoms with van der Waals surface area (Å²) < 4.78 is 27.2. The zero-order valence-corrected chi connectivity index (χ0v) is 11.3. The summed E-state index contributed by atoms with van der Waals surface area (Å²) in [6.07, 6.45) is 0.636. The standard InChI is InChI=1S/C10H20N2O4S/c1-10(2,17(3,14)15)7-12-9(13)8-6-11-4-5-16-8/h8,11H,4-7H2,1-3H3,(H,12,13). The largest absolute Gasteiger partial charge is 0.366 e. The van der Waals surface area contributed by atoms with E-state index < -0.39 is 20.7 Å². The van der Waals surface area contributed by atoms with Gasteiger partial charge in [0.2, 0.25) is 0 Å². The topological polar surface area (TPSA) is 84.5 Å². The highest BCUT2D eigenvalue weighted by atomic mass is 32.2. The van der Waals surface area contributed by atoms with Crippen molar-refractivity contribution in [2.24, 2.45) is 0 Å². The molecule has 0 aliphatic carbocycles. The predicted octanol–water partition coefficient (Wildman–Crippen LogP) is -1.09. The molecule has 1 aliphatic heterocycles. The number of carbonyl (C=O) groups is 1. The summed E-state index contributed by atoms with van der Waals surface area (Å²) in [6, 6.07) is 0. The fraction of sp³-hybridized carbons (Fsp3) is 0.900. The first-order valence-corrected chi connectivity index (χ1v) is 7.43. The lowest BCUT2D eigenvalue weighted by Crippen LogP contribution is -2.51. The molecule has 0 aromatic rings. The quantitative estimate of drug-likeness (QED) is 0.674. The molecule has 1 fully saturated rings. The second kappa shape index (κ2) is 5.32. The predicted molar refractivity (Wildman–Crippen MR) is 64.5 cm³/mol. The summed E-state index contributed by atoms with van der Waals surface area (Å²) in [5, 5.41) is 5.66. The lowest BCUT2D eigenvalue weighted by atomic mass is 10.2. The smallest absolute Gasteiger partial charge is 0.250 e. The normalized spacial score (nSPS) is 22.2. The van der Waals surface area contributed by atoms with E-state index in [9.17, 15) is 13.2 Å². The van der Waals surface area contributed by atoms with Crippen LogP contribution in [-0.4, -0.2) is 57.7 Å². The van der Waals surface area contributed by atoms with E-state index in [1.165, 1.54) is 0 Å². The van der Waals surface area contributed by atoms with Crippen molar-refractivity contribution < 1.29 is 17.9 Å². The van der Waals surface area contributed by atoms with E-state index in [0.717, 1.165) is 12.8 Å². The van der Waals surface area contributed by atoms with Crippen molar-refractivity contribution >= 4 is 15.7 Å². The highest BCUT2D eigenvalue weighted by molar-refractivity contribution is 7.92. The zero-order valence-electron chi connectivity index (χ0n) is 10.4. The molecule has 7 heteroatoms. The summed E-state index contributed by atoms with van der Waals surface area (Å²) in [7, 11) is -3.20. The Balaban J connectivity index is 2.47. The molecule has 6 nitrogen and oxygen atoms in total. The van der Waals surface area contributed by atoms with E-state index in [4.69, 9.17) is 4.74 Å². The summed E-state index contributed by atoms with van der Waals surface area (Å²) in [5.41, 5.74) is 0. The van der Waals surface area contributed by atoms with Crippen molar-refractivity contribution in [2.75, 3.05) is 32.5 Å². The van der Waals surface area contributed by atoms with Gasteiger partial charge in [-0.1, -0.05) is 0 Å². The summed E-state index contributed by atoms with van der Waals surface area (Å²) >= 11 is 0. The number of morpholine rings is 1. The van der Waals surface area contributed by atoms with Gasteiger partial charge in [0.1, 0.15) is 6.10 Å². The maximum absolute atomic E-state index is 11.7. The molecule has 1 aliphatic rings. The van der Waals surface area contributed by atoms with Crippen LogP contribution in [0.5, 0.6) is 0 Å². The molecule has 0 saturated carbocycles. The molecule has 1 unspecified atom stereocenters. The van der Waals surface area contributed by atoms with Crippen LogP contribution in [0.15, 0.2) is 0 Å². The average molecular weight is 264 g/mol. The zero-order chi connectivity index (χ0) is 13.1. The molecule has 1 rings (SSSR count). The van der Waals surface area contributed by atoms with Crippen LogP contribution in [0.3, 0.4) is 0 Å². The number of amides is 1. The molecule has 17 heavy (non-hydrogen) atoms. The van der Waals surface area contributed by atoms with Crippen molar-refractivity contribution in [2.45, 2.75) is 24.7 Å². The van der Waals surface area contributed by atoms with Gasteiger partial charge in [-0.25, -0.2) is 8.42 Å². The Morgan fingerprint density at radius 1 is 1.53 bits per heavy atom. The molecule has 0 spiro atoms. The van der Waals surface area contributed by atoms with Crippen LogP contribution in [0.2, 0.25) is 0 Å². The molecule has 1 atom stereocenters. The Bertz CT molecular complexity index is 372. The van der Waals surface area contributed by atoms with E-state index in [0.29, 0.717) is 13.2 Å². The Morgan fingerprint density at radius 3 is 2.65 bits per heavy atom. The molecule has 0 bridgehead atoms. The van der Waals surface area contributed by atoms with Crippen molar-refractivity contribution in [3.63, 3.8) is 0 Å². The van der Waals surface area contributed by atoms with Gasteiger partial charge in [-0.15, -0.1) is 0 Å². The van der Waals surface area contributed by atoms with E-state index in [1.54, 1.807) is 13.8 Å². The molecule has 100 valence electrons. The molecule has 2 N–H and O–H groups in total. The fourth-order valence-electron chi connectivity index (χ4n) is 1.28. The average Bonchev–Trinajstić information content (AvgIpc) is 2.25. The number of hydrogen-bond acceptors (Lipinski definition) is 5. The van der Waals surface area contributed by atoms with Gasteiger partial charge in [-0.05, 0) is 13.8 Å². The van der Waals surface area contributed by atoms with Crippen LogP contribution < -0.4 is 10.6 Å². The van der Waals surface area contributed by atoms with E-state index in [2.05, 4.69) is 10.6 Å². The third-order valence-electron chi connectivity index (χ3n) is 2.91. The van der Waals surface area contributed by atoms with Crippen molar-refractivity contribution in [1.82, 2.24) is 10.6 Å². The second-order valence-electron chi connectivity index (χ2n) is 4.81. The van der Waals surface area contributed by atoms with Crippen LogP contribution in [-0.2, 0) is 19.4 Å². The summed E-state index contributed by atoms with van der Waals surface area (Å²) in [4.78, 5) is 11.7. The second-order valence-corrected chi connectivity index (χ2v) is 7.46. The van der Waals surface area contributed by atoms with Gasteiger partial charge < -0.3 is 15.4 Å². The van der Waals surface area contributed by atoms with Crippen molar-refractivity contribution in [3.8, 4) is 0 Å². The minimum atomic E-state index is -3.20. The molecule has 0 aromatic carbocycles. The number of carbonyl (C=O) groups excluding carboxylic acids is 1. The highest BCUT2D eigenvalue weighted by Gasteiger charge is 2.32. The first kappa shape index (κ1) is 14.4. The van der Waals surface area contributed by atoms with Crippen LogP contribution >= 0.6 is 0 Å². The van der Waals surface area contributed by atoms with Crippen molar-refractivity contribution in [3.05, 3.63) is 0 Å².